The van der Waals surface area contributed by atoms with Gasteiger partial charge in [-0.15, -0.1) is 0 Å². The molecule has 0 aliphatic carbocycles. The maximum Gasteiger partial charge on any atom is 0.123 e. The first-order chi connectivity index (χ1) is 7.67. The fourth-order valence-electron chi connectivity index (χ4n) is 1.69. The van der Waals surface area contributed by atoms with Crippen LogP contribution in [0.5, 0.6) is 11.5 Å². The van der Waals surface area contributed by atoms with Gasteiger partial charge in [0.25, 0.3) is 0 Å². The molecule has 0 bridgehead atoms. The van der Waals surface area contributed by atoms with E-state index in [9.17, 15) is 5.11 Å². The van der Waals surface area contributed by atoms with Gasteiger partial charge in [-0.3, -0.25) is 0 Å². The Bertz CT molecular complexity index is 348. The number of methoxy groups -OCH3 is 2. The number of nitrogens with two attached hydrogens (primary N) is 1. The van der Waals surface area contributed by atoms with Crippen molar-refractivity contribution in [2.45, 2.75) is 12.8 Å². The topological polar surface area (TPSA) is 64.7 Å². The van der Waals surface area contributed by atoms with E-state index in [4.69, 9.17) is 15.2 Å². The molecule has 3 N–H and O–H groups in total. The van der Waals surface area contributed by atoms with E-state index in [2.05, 4.69) is 0 Å². The van der Waals surface area contributed by atoms with Gasteiger partial charge in [-0.2, -0.15) is 0 Å². The van der Waals surface area contributed by atoms with Crippen LogP contribution in [0.25, 0.3) is 0 Å². The van der Waals surface area contributed by atoms with Crippen LogP contribution in [0.1, 0.15) is 17.0 Å². The fraction of sp³-hybridized carbons (Fsp3) is 0.500. The number of benzene rings is 1. The van der Waals surface area contributed by atoms with Crippen molar-refractivity contribution in [1.82, 2.24) is 0 Å². The van der Waals surface area contributed by atoms with Crippen LogP contribution < -0.4 is 15.2 Å². The Hall–Kier alpha value is -1.26. The Kier molecular flexibility index (Phi) is 4.58. The molecule has 4 heteroatoms. The molecule has 0 saturated carbocycles. The maximum absolute atomic E-state index is 9.26. The van der Waals surface area contributed by atoms with Crippen LogP contribution in [0.3, 0.4) is 0 Å². The Morgan fingerprint density at radius 3 is 2.31 bits per heavy atom. The molecule has 1 rings (SSSR count). The molecule has 16 heavy (non-hydrogen) atoms. The van der Waals surface area contributed by atoms with E-state index in [0.717, 1.165) is 22.6 Å². The van der Waals surface area contributed by atoms with Crippen LogP contribution in [0.15, 0.2) is 12.1 Å². The van der Waals surface area contributed by atoms with Gasteiger partial charge in [0.15, 0.2) is 0 Å². The highest BCUT2D eigenvalue weighted by Crippen LogP contribution is 2.32. The van der Waals surface area contributed by atoms with Gasteiger partial charge >= 0.3 is 0 Å². The van der Waals surface area contributed by atoms with Crippen LogP contribution >= 0.6 is 0 Å². The molecule has 0 saturated heterocycles. The molecule has 0 heterocycles. The third-order valence-electron chi connectivity index (χ3n) is 2.69. The molecule has 0 aromatic heterocycles. The van der Waals surface area contributed by atoms with Crippen molar-refractivity contribution in [1.29, 1.82) is 0 Å². The number of ether oxygens (including phenoxy) is 2. The van der Waals surface area contributed by atoms with Gasteiger partial charge in [0.05, 0.1) is 20.8 Å². The predicted molar refractivity (Wildman–Crippen MR) is 63.2 cm³/mol. The monoisotopic (exact) mass is 225 g/mol. The van der Waals surface area contributed by atoms with Gasteiger partial charge in [0.2, 0.25) is 0 Å². The summed E-state index contributed by atoms with van der Waals surface area (Å²) in [5.74, 6) is 1.40. The zero-order chi connectivity index (χ0) is 12.1. The highest BCUT2D eigenvalue weighted by atomic mass is 16.5. The summed E-state index contributed by atoms with van der Waals surface area (Å²) < 4.78 is 10.5. The third kappa shape index (κ3) is 2.46. The highest BCUT2D eigenvalue weighted by molar-refractivity contribution is 5.47. The average Bonchev–Trinajstić information content (AvgIpc) is 2.31. The molecule has 1 aromatic carbocycles. The van der Waals surface area contributed by atoms with Gasteiger partial charge in [-0.05, 0) is 24.6 Å². The average molecular weight is 225 g/mol. The minimum Gasteiger partial charge on any atom is -0.496 e. The lowest BCUT2D eigenvalue weighted by atomic mass is 9.97. The lowest BCUT2D eigenvalue weighted by molar-refractivity contribution is 0.264. The van der Waals surface area contributed by atoms with E-state index in [0.29, 0.717) is 6.54 Å². The van der Waals surface area contributed by atoms with Crippen LogP contribution in [0.2, 0.25) is 0 Å². The molecule has 0 radical (unpaired) electrons. The zero-order valence-corrected chi connectivity index (χ0v) is 9.99. The van der Waals surface area contributed by atoms with E-state index >= 15 is 0 Å². The molecule has 0 aliphatic rings. The van der Waals surface area contributed by atoms with Crippen molar-refractivity contribution in [2.75, 3.05) is 27.4 Å². The number of aliphatic hydroxyl groups is 1. The second-order valence-electron chi connectivity index (χ2n) is 3.68. The number of rotatable bonds is 5. The molecule has 1 atom stereocenters. The Balaban J connectivity index is 3.23. The van der Waals surface area contributed by atoms with Crippen molar-refractivity contribution in [3.05, 3.63) is 23.3 Å². The first-order valence-electron chi connectivity index (χ1n) is 5.21. The minimum absolute atomic E-state index is 0.000917. The van der Waals surface area contributed by atoms with E-state index in [1.807, 2.05) is 19.1 Å². The van der Waals surface area contributed by atoms with Crippen LogP contribution in [0, 0.1) is 6.92 Å². The molecule has 0 spiro atoms. The third-order valence-corrected chi connectivity index (χ3v) is 2.69. The quantitative estimate of drug-likeness (QED) is 0.786. The number of aryl methyl sites for hydroxylation is 1. The van der Waals surface area contributed by atoms with Gasteiger partial charge in [-0.1, -0.05) is 0 Å². The van der Waals surface area contributed by atoms with Gasteiger partial charge in [-0.25, -0.2) is 0 Å². The molecule has 0 aliphatic heterocycles. The van der Waals surface area contributed by atoms with Crippen molar-refractivity contribution in [3.63, 3.8) is 0 Å². The molecule has 0 fully saturated rings. The largest absolute Gasteiger partial charge is 0.496 e. The van der Waals surface area contributed by atoms with Crippen molar-refractivity contribution in [2.24, 2.45) is 5.73 Å². The summed E-state index contributed by atoms with van der Waals surface area (Å²) in [6.07, 6.45) is 0. The standard InChI is InChI=1S/C12H19NO3/c1-8-4-12(16-3)10(5-11(8)15-2)9(6-13)7-14/h4-5,9,14H,6-7,13H2,1-3H3. The van der Waals surface area contributed by atoms with Crippen LogP contribution in [0.4, 0.5) is 0 Å². The summed E-state index contributed by atoms with van der Waals surface area (Å²) in [6.45, 7) is 2.32. The fourth-order valence-corrected chi connectivity index (χ4v) is 1.69. The molecule has 1 aromatic rings. The highest BCUT2D eigenvalue weighted by Gasteiger charge is 2.16. The Morgan fingerprint density at radius 1 is 1.25 bits per heavy atom. The molecule has 0 amide bonds. The number of hydrogen-bond donors (Lipinski definition) is 2. The molecule has 1 unspecified atom stereocenters. The second kappa shape index (κ2) is 5.72. The summed E-state index contributed by atoms with van der Waals surface area (Å²) in [5.41, 5.74) is 7.49. The van der Waals surface area contributed by atoms with Gasteiger partial charge in [0, 0.05) is 18.0 Å². The Morgan fingerprint density at radius 2 is 1.88 bits per heavy atom. The summed E-state index contributed by atoms with van der Waals surface area (Å²) in [4.78, 5) is 0. The lowest BCUT2D eigenvalue weighted by Gasteiger charge is -2.18. The van der Waals surface area contributed by atoms with Crippen molar-refractivity contribution < 1.29 is 14.6 Å². The summed E-state index contributed by atoms with van der Waals surface area (Å²) in [7, 11) is 3.23. The lowest BCUT2D eigenvalue weighted by Crippen LogP contribution is -2.17. The van der Waals surface area contributed by atoms with Crippen LogP contribution in [-0.4, -0.2) is 32.5 Å². The Labute approximate surface area is 96.0 Å². The van der Waals surface area contributed by atoms with Crippen molar-refractivity contribution >= 4 is 0 Å². The molecule has 90 valence electrons. The predicted octanol–water partition coefficient (Wildman–Crippen LogP) is 1.05. The first kappa shape index (κ1) is 12.8. The van der Waals surface area contributed by atoms with Gasteiger partial charge in [0.1, 0.15) is 11.5 Å². The SMILES string of the molecule is COc1cc(C(CN)CO)c(OC)cc1C. The van der Waals surface area contributed by atoms with E-state index < -0.39 is 0 Å². The normalized spacial score (nSPS) is 12.3. The van der Waals surface area contributed by atoms with Crippen molar-refractivity contribution in [3.8, 4) is 11.5 Å². The number of aliphatic hydroxyl groups excluding tert-OH is 1. The first-order valence-corrected chi connectivity index (χ1v) is 5.21. The smallest absolute Gasteiger partial charge is 0.123 e. The molecular weight excluding hydrogens is 206 g/mol. The maximum atomic E-state index is 9.26. The van der Waals surface area contributed by atoms with E-state index in [1.54, 1.807) is 14.2 Å². The van der Waals surface area contributed by atoms with Crippen LogP contribution in [-0.2, 0) is 0 Å². The van der Waals surface area contributed by atoms with E-state index in [-0.39, 0.29) is 12.5 Å². The minimum atomic E-state index is -0.121. The summed E-state index contributed by atoms with van der Waals surface area (Å²) in [6, 6.07) is 3.77. The summed E-state index contributed by atoms with van der Waals surface area (Å²) in [5, 5.41) is 9.26. The van der Waals surface area contributed by atoms with Gasteiger partial charge < -0.3 is 20.3 Å². The molecular formula is C12H19NO3. The summed E-state index contributed by atoms with van der Waals surface area (Å²) >= 11 is 0. The zero-order valence-electron chi connectivity index (χ0n) is 9.99. The number of hydrogen-bond acceptors (Lipinski definition) is 4. The van der Waals surface area contributed by atoms with E-state index in [1.165, 1.54) is 0 Å². The molecule has 4 nitrogen and oxygen atoms in total. The second-order valence-corrected chi connectivity index (χ2v) is 3.68.